The molecule has 0 amide bonds. The summed E-state index contributed by atoms with van der Waals surface area (Å²) >= 11 is 0. The van der Waals surface area contributed by atoms with Crippen LogP contribution in [0.3, 0.4) is 0 Å². The van der Waals surface area contributed by atoms with E-state index in [1.54, 1.807) is 0 Å². The molecule has 0 unspecified atom stereocenters. The lowest BCUT2D eigenvalue weighted by atomic mass is 9.77. The Morgan fingerprint density at radius 2 is 2.13 bits per heavy atom. The summed E-state index contributed by atoms with van der Waals surface area (Å²) in [5.41, 5.74) is 0. The fourth-order valence-electron chi connectivity index (χ4n) is 3.33. The molecule has 0 bridgehead atoms. The lowest BCUT2D eigenvalue weighted by molar-refractivity contribution is 0.00173. The maximum absolute atomic E-state index is 9.76. The summed E-state index contributed by atoms with van der Waals surface area (Å²) < 4.78 is 0. The lowest BCUT2D eigenvalue weighted by Gasteiger charge is -2.45. The van der Waals surface area contributed by atoms with Gasteiger partial charge in [0.1, 0.15) is 0 Å². The Bertz CT molecular complexity index is 195. The van der Waals surface area contributed by atoms with Crippen molar-refractivity contribution < 1.29 is 5.11 Å². The Morgan fingerprint density at radius 3 is 2.93 bits per heavy atom. The zero-order valence-electron chi connectivity index (χ0n) is 9.99. The fourth-order valence-corrected chi connectivity index (χ4v) is 3.33. The van der Waals surface area contributed by atoms with Crippen LogP contribution in [0.5, 0.6) is 0 Å². The molecule has 0 aromatic carbocycles. The first-order valence-electron chi connectivity index (χ1n) is 6.73. The van der Waals surface area contributed by atoms with E-state index in [1.165, 1.54) is 45.2 Å². The van der Waals surface area contributed by atoms with Crippen LogP contribution in [0.2, 0.25) is 0 Å². The Morgan fingerprint density at radius 1 is 1.27 bits per heavy atom. The topological polar surface area (TPSA) is 23.5 Å². The van der Waals surface area contributed by atoms with Crippen molar-refractivity contribution in [2.24, 2.45) is 5.92 Å². The van der Waals surface area contributed by atoms with Crippen LogP contribution in [0.1, 0.15) is 51.9 Å². The Kier molecular flexibility index (Phi) is 4.04. The highest BCUT2D eigenvalue weighted by molar-refractivity contribution is 4.89. The van der Waals surface area contributed by atoms with Crippen molar-refractivity contribution in [1.29, 1.82) is 0 Å². The number of unbranched alkanes of at least 4 members (excludes halogenated alkanes) is 1. The summed E-state index contributed by atoms with van der Waals surface area (Å²) in [7, 11) is 0. The maximum Gasteiger partial charge on any atom is 0.0555 e. The third kappa shape index (κ3) is 2.73. The van der Waals surface area contributed by atoms with Crippen LogP contribution < -0.4 is 0 Å². The minimum Gasteiger partial charge on any atom is -0.393 e. The first kappa shape index (κ1) is 11.4. The highest BCUT2D eigenvalue weighted by Crippen LogP contribution is 2.35. The third-order valence-corrected chi connectivity index (χ3v) is 4.22. The van der Waals surface area contributed by atoms with Gasteiger partial charge < -0.3 is 10.0 Å². The molecule has 2 heteroatoms. The number of nitrogens with zero attached hydrogens (tertiary/aromatic N) is 1. The second kappa shape index (κ2) is 5.31. The molecule has 1 aliphatic carbocycles. The molecule has 2 aliphatic rings. The molecule has 0 spiro atoms. The van der Waals surface area contributed by atoms with Crippen molar-refractivity contribution in [3.05, 3.63) is 0 Å². The average molecular weight is 211 g/mol. The molecule has 1 N–H and O–H groups in total. The van der Waals surface area contributed by atoms with E-state index < -0.39 is 0 Å². The van der Waals surface area contributed by atoms with Crippen LogP contribution in [0.25, 0.3) is 0 Å². The van der Waals surface area contributed by atoms with E-state index in [1.807, 2.05) is 0 Å². The van der Waals surface area contributed by atoms with E-state index in [4.69, 9.17) is 0 Å². The van der Waals surface area contributed by atoms with Gasteiger partial charge in [-0.25, -0.2) is 0 Å². The van der Waals surface area contributed by atoms with Crippen molar-refractivity contribution in [1.82, 2.24) is 4.90 Å². The third-order valence-electron chi connectivity index (χ3n) is 4.22. The zero-order valence-corrected chi connectivity index (χ0v) is 9.99. The molecule has 15 heavy (non-hydrogen) atoms. The Labute approximate surface area is 93.7 Å². The Hall–Kier alpha value is -0.0800. The van der Waals surface area contributed by atoms with Gasteiger partial charge in [0.2, 0.25) is 0 Å². The second-order valence-electron chi connectivity index (χ2n) is 5.33. The standard InChI is InChI=1S/C13H25NO/c1-2-3-8-14-9-4-5-11-6-7-12(15)10-13(11)14/h11-13,15H,2-10H2,1H3/t11-,12-,13-/m0/s1. The van der Waals surface area contributed by atoms with Crippen molar-refractivity contribution in [3.63, 3.8) is 0 Å². The number of piperidine rings is 1. The van der Waals surface area contributed by atoms with Crippen LogP contribution in [-0.2, 0) is 0 Å². The first-order valence-corrected chi connectivity index (χ1v) is 6.73. The smallest absolute Gasteiger partial charge is 0.0555 e. The van der Waals surface area contributed by atoms with Crippen molar-refractivity contribution in [2.75, 3.05) is 13.1 Å². The molecule has 1 saturated carbocycles. The molecule has 1 heterocycles. The predicted molar refractivity (Wildman–Crippen MR) is 62.9 cm³/mol. The lowest BCUT2D eigenvalue weighted by Crippen LogP contribution is -2.49. The minimum atomic E-state index is -0.0199. The van der Waals surface area contributed by atoms with E-state index in [0.29, 0.717) is 6.04 Å². The number of fused-ring (bicyclic) bond motifs is 1. The van der Waals surface area contributed by atoms with Gasteiger partial charge in [-0.1, -0.05) is 13.3 Å². The van der Waals surface area contributed by atoms with Gasteiger partial charge in [0.25, 0.3) is 0 Å². The van der Waals surface area contributed by atoms with E-state index in [0.717, 1.165) is 18.8 Å². The van der Waals surface area contributed by atoms with Gasteiger partial charge >= 0.3 is 0 Å². The number of aliphatic hydroxyl groups is 1. The van der Waals surface area contributed by atoms with E-state index in [2.05, 4.69) is 11.8 Å². The fraction of sp³-hybridized carbons (Fsp3) is 1.00. The molecule has 0 aromatic rings. The monoisotopic (exact) mass is 211 g/mol. The van der Waals surface area contributed by atoms with Gasteiger partial charge in [-0.2, -0.15) is 0 Å². The van der Waals surface area contributed by atoms with E-state index in [9.17, 15) is 5.11 Å². The SMILES string of the molecule is CCCCN1CCC[C@H]2CC[C@H](O)C[C@@H]21. The van der Waals surface area contributed by atoms with Crippen LogP contribution in [0.4, 0.5) is 0 Å². The molecule has 3 atom stereocenters. The first-order chi connectivity index (χ1) is 7.31. The highest BCUT2D eigenvalue weighted by atomic mass is 16.3. The molecule has 1 aliphatic heterocycles. The minimum absolute atomic E-state index is 0.0199. The number of aliphatic hydroxyl groups excluding tert-OH is 1. The van der Waals surface area contributed by atoms with Gasteiger partial charge in [-0.15, -0.1) is 0 Å². The number of rotatable bonds is 3. The van der Waals surface area contributed by atoms with Crippen molar-refractivity contribution in [2.45, 2.75) is 64.0 Å². The number of hydrogen-bond donors (Lipinski definition) is 1. The maximum atomic E-state index is 9.76. The molecule has 2 nitrogen and oxygen atoms in total. The summed E-state index contributed by atoms with van der Waals surface area (Å²) in [5, 5.41) is 9.76. The van der Waals surface area contributed by atoms with Crippen LogP contribution in [0, 0.1) is 5.92 Å². The molecular weight excluding hydrogens is 186 g/mol. The highest BCUT2D eigenvalue weighted by Gasteiger charge is 2.35. The molecule has 88 valence electrons. The van der Waals surface area contributed by atoms with Gasteiger partial charge in [0, 0.05) is 6.04 Å². The van der Waals surface area contributed by atoms with Gasteiger partial charge in [-0.3, -0.25) is 0 Å². The summed E-state index contributed by atoms with van der Waals surface area (Å²) in [6.45, 7) is 4.79. The number of likely N-dealkylation sites (tertiary alicyclic amines) is 1. The summed E-state index contributed by atoms with van der Waals surface area (Å²) in [5.74, 6) is 0.888. The van der Waals surface area contributed by atoms with Gasteiger partial charge in [0.05, 0.1) is 6.10 Å². The Balaban J connectivity index is 1.91. The van der Waals surface area contributed by atoms with Crippen LogP contribution >= 0.6 is 0 Å². The van der Waals surface area contributed by atoms with Gasteiger partial charge in [-0.05, 0) is 57.5 Å². The zero-order chi connectivity index (χ0) is 10.7. The normalized spacial score (nSPS) is 37.6. The van der Waals surface area contributed by atoms with Crippen LogP contribution in [0.15, 0.2) is 0 Å². The van der Waals surface area contributed by atoms with E-state index in [-0.39, 0.29) is 6.10 Å². The quantitative estimate of drug-likeness (QED) is 0.775. The molecule has 0 aromatic heterocycles. The molecular formula is C13H25NO. The average Bonchev–Trinajstić information content (AvgIpc) is 2.26. The van der Waals surface area contributed by atoms with E-state index >= 15 is 0 Å². The molecule has 0 radical (unpaired) electrons. The second-order valence-corrected chi connectivity index (χ2v) is 5.33. The molecule has 2 fully saturated rings. The van der Waals surface area contributed by atoms with Crippen LogP contribution in [-0.4, -0.2) is 35.2 Å². The van der Waals surface area contributed by atoms with Crippen molar-refractivity contribution in [3.8, 4) is 0 Å². The predicted octanol–water partition coefficient (Wildman–Crippen LogP) is 2.41. The summed E-state index contributed by atoms with van der Waals surface area (Å²) in [4.78, 5) is 2.65. The number of hydrogen-bond acceptors (Lipinski definition) is 2. The van der Waals surface area contributed by atoms with Crippen molar-refractivity contribution >= 4 is 0 Å². The summed E-state index contributed by atoms with van der Waals surface area (Å²) in [6, 6.07) is 0.703. The summed E-state index contributed by atoms with van der Waals surface area (Å²) in [6.07, 6.45) is 8.70. The molecule has 1 saturated heterocycles. The molecule has 2 rings (SSSR count). The van der Waals surface area contributed by atoms with Gasteiger partial charge in [0.15, 0.2) is 0 Å². The largest absolute Gasteiger partial charge is 0.393 e.